The summed E-state index contributed by atoms with van der Waals surface area (Å²) in [5, 5.41) is 2.58. The van der Waals surface area contributed by atoms with Crippen molar-refractivity contribution in [3.8, 4) is 27.9 Å². The Morgan fingerprint density at radius 2 is 1.08 bits per heavy atom. The van der Waals surface area contributed by atoms with Crippen molar-refractivity contribution in [2.75, 3.05) is 4.90 Å². The highest BCUT2D eigenvalue weighted by Crippen LogP contribution is 2.43. The summed E-state index contributed by atoms with van der Waals surface area (Å²) in [6, 6.07) is 62.3. The lowest BCUT2D eigenvalue weighted by atomic mass is 9.88. The first kappa shape index (κ1) is 30.4. The molecule has 52 heavy (non-hydrogen) atoms. The first-order valence-corrected chi connectivity index (χ1v) is 18.3. The Morgan fingerprint density at radius 3 is 1.75 bits per heavy atom. The van der Waals surface area contributed by atoms with Crippen LogP contribution in [0, 0.1) is 5.92 Å². The number of para-hydroxylation sites is 2. The topological polar surface area (TPSA) is 8.17 Å². The maximum atomic E-state index is 2.54. The minimum atomic E-state index is 0.166. The van der Waals surface area contributed by atoms with Gasteiger partial charge in [0.1, 0.15) is 0 Å². The van der Waals surface area contributed by atoms with Crippen LogP contribution in [0.5, 0.6) is 0 Å². The first-order chi connectivity index (χ1) is 25.7. The van der Waals surface area contributed by atoms with E-state index in [1.54, 1.807) is 0 Å². The van der Waals surface area contributed by atoms with Gasteiger partial charge in [-0.25, -0.2) is 0 Å². The number of allylic oxidation sites excluding steroid dienone is 2. The second-order valence-corrected chi connectivity index (χ2v) is 14.2. The SMILES string of the molecule is CC1C=C(c2ccccc2)C=CC1N(c1ccc(-c2ccccc2)cc1)c1ccc2c(c1)Cc1cc(-n3c4ccccc4c4ccccc43)ccc1-2. The van der Waals surface area contributed by atoms with Crippen LogP contribution in [-0.2, 0) is 6.42 Å². The molecule has 0 aliphatic heterocycles. The van der Waals surface area contributed by atoms with Crippen LogP contribution < -0.4 is 4.90 Å². The zero-order valence-corrected chi connectivity index (χ0v) is 29.2. The van der Waals surface area contributed by atoms with Gasteiger partial charge in [-0.2, -0.15) is 0 Å². The van der Waals surface area contributed by atoms with Crippen LogP contribution in [0.25, 0.3) is 55.3 Å². The van der Waals surface area contributed by atoms with Gasteiger partial charge in [0.2, 0.25) is 0 Å². The average Bonchev–Trinajstić information content (AvgIpc) is 3.74. The highest BCUT2D eigenvalue weighted by Gasteiger charge is 2.28. The summed E-state index contributed by atoms with van der Waals surface area (Å²) in [6.07, 6.45) is 8.06. The normalized spacial score (nSPS) is 16.1. The Morgan fingerprint density at radius 1 is 0.519 bits per heavy atom. The predicted molar refractivity (Wildman–Crippen MR) is 220 cm³/mol. The van der Waals surface area contributed by atoms with E-state index in [-0.39, 0.29) is 6.04 Å². The zero-order chi connectivity index (χ0) is 34.6. The lowest BCUT2D eigenvalue weighted by Gasteiger charge is -2.37. The molecule has 0 fully saturated rings. The molecule has 2 atom stereocenters. The minimum absolute atomic E-state index is 0.166. The smallest absolute Gasteiger partial charge is 0.0585 e. The van der Waals surface area contributed by atoms with Gasteiger partial charge in [-0.3, -0.25) is 0 Å². The quantitative estimate of drug-likeness (QED) is 0.171. The Bertz CT molecular complexity index is 2610. The monoisotopic (exact) mass is 666 g/mol. The molecule has 2 unspecified atom stereocenters. The molecular formula is C50H38N2. The number of aromatic nitrogens is 1. The maximum absolute atomic E-state index is 2.54. The number of rotatable bonds is 6. The molecule has 2 aliphatic carbocycles. The Balaban J connectivity index is 1.03. The second-order valence-electron chi connectivity index (χ2n) is 14.2. The minimum Gasteiger partial charge on any atom is -0.334 e. The van der Waals surface area contributed by atoms with Crippen molar-refractivity contribution in [3.05, 3.63) is 205 Å². The highest BCUT2D eigenvalue weighted by atomic mass is 15.2. The summed E-state index contributed by atoms with van der Waals surface area (Å²) in [5.74, 6) is 0.299. The molecular weight excluding hydrogens is 629 g/mol. The van der Waals surface area contributed by atoms with E-state index in [9.17, 15) is 0 Å². The van der Waals surface area contributed by atoms with Crippen molar-refractivity contribution < 1.29 is 0 Å². The average molecular weight is 667 g/mol. The van der Waals surface area contributed by atoms with Gasteiger partial charge in [-0.05, 0) is 105 Å². The predicted octanol–water partition coefficient (Wildman–Crippen LogP) is 12.8. The number of hydrogen-bond acceptors (Lipinski definition) is 1. The number of anilines is 2. The summed E-state index contributed by atoms with van der Waals surface area (Å²) in [7, 11) is 0. The Labute approximate surface area is 305 Å². The molecule has 7 aromatic carbocycles. The molecule has 0 amide bonds. The number of benzene rings is 7. The lowest BCUT2D eigenvalue weighted by molar-refractivity contribution is 0.611. The molecule has 0 N–H and O–H groups in total. The zero-order valence-electron chi connectivity index (χ0n) is 29.2. The maximum Gasteiger partial charge on any atom is 0.0585 e. The van der Waals surface area contributed by atoms with E-state index in [1.165, 1.54) is 83.4 Å². The summed E-state index contributed by atoms with van der Waals surface area (Å²) in [5.41, 5.74) is 16.6. The fraction of sp³-hybridized carbons (Fsp3) is 0.0800. The van der Waals surface area contributed by atoms with Crippen LogP contribution in [-0.4, -0.2) is 10.6 Å². The van der Waals surface area contributed by atoms with Crippen molar-refractivity contribution in [2.45, 2.75) is 19.4 Å². The molecule has 2 nitrogen and oxygen atoms in total. The lowest BCUT2D eigenvalue weighted by Crippen LogP contribution is -2.35. The summed E-state index contributed by atoms with van der Waals surface area (Å²) in [4.78, 5) is 2.54. The number of nitrogens with zero attached hydrogens (tertiary/aromatic N) is 2. The molecule has 1 heterocycles. The highest BCUT2D eigenvalue weighted by molar-refractivity contribution is 6.09. The summed E-state index contributed by atoms with van der Waals surface area (Å²) in [6.45, 7) is 2.35. The summed E-state index contributed by atoms with van der Waals surface area (Å²) >= 11 is 0. The molecule has 0 radical (unpaired) electrons. The van der Waals surface area contributed by atoms with E-state index in [0.717, 1.165) is 6.42 Å². The molecule has 0 saturated heterocycles. The number of hydrogen-bond donors (Lipinski definition) is 0. The molecule has 0 bridgehead atoms. The van der Waals surface area contributed by atoms with Crippen LogP contribution >= 0.6 is 0 Å². The van der Waals surface area contributed by atoms with Gasteiger partial charge in [-0.1, -0.05) is 146 Å². The van der Waals surface area contributed by atoms with E-state index < -0.39 is 0 Å². The van der Waals surface area contributed by atoms with Gasteiger partial charge >= 0.3 is 0 Å². The Hall–Kier alpha value is -6.38. The van der Waals surface area contributed by atoms with Crippen LogP contribution in [0.2, 0.25) is 0 Å². The van der Waals surface area contributed by atoms with Crippen LogP contribution in [0.4, 0.5) is 11.4 Å². The van der Waals surface area contributed by atoms with Crippen molar-refractivity contribution in [3.63, 3.8) is 0 Å². The van der Waals surface area contributed by atoms with Gasteiger partial charge in [0.25, 0.3) is 0 Å². The molecule has 2 aliphatic rings. The third kappa shape index (κ3) is 5.10. The summed E-state index contributed by atoms with van der Waals surface area (Å²) < 4.78 is 2.42. The molecule has 10 rings (SSSR count). The van der Waals surface area contributed by atoms with Gasteiger partial charge < -0.3 is 9.47 Å². The molecule has 0 saturated carbocycles. The van der Waals surface area contributed by atoms with E-state index >= 15 is 0 Å². The van der Waals surface area contributed by atoms with E-state index in [1.807, 2.05) is 0 Å². The van der Waals surface area contributed by atoms with E-state index in [4.69, 9.17) is 0 Å². The van der Waals surface area contributed by atoms with Crippen LogP contribution in [0.15, 0.2) is 188 Å². The third-order valence-corrected chi connectivity index (χ3v) is 11.1. The molecule has 8 aromatic rings. The van der Waals surface area contributed by atoms with Gasteiger partial charge in [0.15, 0.2) is 0 Å². The van der Waals surface area contributed by atoms with Crippen LogP contribution in [0.3, 0.4) is 0 Å². The van der Waals surface area contributed by atoms with Crippen molar-refractivity contribution in [2.24, 2.45) is 5.92 Å². The fourth-order valence-corrected chi connectivity index (χ4v) is 8.57. The largest absolute Gasteiger partial charge is 0.334 e. The third-order valence-electron chi connectivity index (χ3n) is 11.1. The van der Waals surface area contributed by atoms with Crippen molar-refractivity contribution >= 4 is 38.8 Å². The molecule has 248 valence electrons. The second kappa shape index (κ2) is 12.4. The van der Waals surface area contributed by atoms with E-state index in [0.29, 0.717) is 5.92 Å². The first-order valence-electron chi connectivity index (χ1n) is 18.3. The molecule has 0 spiro atoms. The van der Waals surface area contributed by atoms with Crippen LogP contribution in [0.1, 0.15) is 23.6 Å². The van der Waals surface area contributed by atoms with Gasteiger partial charge in [0.05, 0.1) is 17.1 Å². The fourth-order valence-electron chi connectivity index (χ4n) is 8.57. The standard InChI is InChI=1S/C50H38N2/c1-34-30-38(36-14-6-3-7-15-36)22-29-48(34)51(41-23-20-37(21-24-41)35-12-4-2-5-13-35)42-25-27-44-39(32-42)31-40-33-43(26-28-45(40)44)52-49-18-10-8-16-46(49)47-17-9-11-19-50(47)52/h2-30,32-34,48H,31H2,1H3. The molecule has 1 aromatic heterocycles. The Kier molecular flexibility index (Phi) is 7.28. The van der Waals surface area contributed by atoms with Crippen molar-refractivity contribution in [1.82, 2.24) is 4.57 Å². The van der Waals surface area contributed by atoms with Gasteiger partial charge in [-0.15, -0.1) is 0 Å². The van der Waals surface area contributed by atoms with Crippen molar-refractivity contribution in [1.29, 1.82) is 0 Å². The van der Waals surface area contributed by atoms with Gasteiger partial charge in [0, 0.05) is 27.8 Å². The van der Waals surface area contributed by atoms with E-state index in [2.05, 4.69) is 204 Å². The molecule has 2 heteroatoms. The number of fused-ring (bicyclic) bond motifs is 6.